The summed E-state index contributed by atoms with van der Waals surface area (Å²) in [6.07, 6.45) is 39.6. The van der Waals surface area contributed by atoms with Gasteiger partial charge in [0.15, 0.2) is 0 Å². The standard InChI is InChI=1S/C81H69N/c1-3-81(4-2)74-46-50(34-36-53-24-19-33-61-57(51-20-7-5-8-21-51)44-45-58(76(53)61)52-22-9-6-10-23-52)35-40-59(74)60-41-37-56(49-75(60)81)82(54-38-42-70-72(47-54)79-66-29-15-11-25-62(66)77(70)63-26-12-16-30-67(63)79)55-39-43-71-73(48-55)80-68-31-17-13-27-64(68)78(71)65-28-14-18-32-69(65)80/h5-22,24-46,49,52,54-55,62,66,70,72,77-80H,3-4,23,47-48H2,1-2H3/b36-34+. The van der Waals surface area contributed by atoms with Crippen LogP contribution in [-0.4, -0.2) is 12.1 Å². The molecule has 0 saturated heterocycles. The smallest absolute Gasteiger partial charge is 0.0520 e. The maximum atomic E-state index is 2.93. The number of hydrogen-bond donors (Lipinski definition) is 0. The number of rotatable bonds is 9. The number of hydrogen-bond acceptors (Lipinski definition) is 1. The van der Waals surface area contributed by atoms with Crippen molar-refractivity contribution in [2.75, 3.05) is 4.90 Å². The highest BCUT2D eigenvalue weighted by Gasteiger charge is 2.56. The minimum absolute atomic E-state index is 0.113. The zero-order chi connectivity index (χ0) is 54.2. The molecule has 0 N–H and O–H groups in total. The van der Waals surface area contributed by atoms with E-state index in [1.807, 2.05) is 0 Å². The van der Waals surface area contributed by atoms with Crippen molar-refractivity contribution in [3.63, 3.8) is 0 Å². The van der Waals surface area contributed by atoms with Gasteiger partial charge in [0.25, 0.3) is 0 Å². The Morgan fingerprint density at radius 3 is 1.89 bits per heavy atom. The third-order valence-corrected chi connectivity index (χ3v) is 22.0. The van der Waals surface area contributed by atoms with Crippen LogP contribution in [0, 0.1) is 23.7 Å². The molecule has 0 aromatic heterocycles. The van der Waals surface area contributed by atoms with E-state index in [1.165, 1.54) is 88.8 Å². The molecule has 1 nitrogen and oxygen atoms in total. The molecule has 8 aromatic rings. The summed E-state index contributed by atoms with van der Waals surface area (Å²) in [6, 6.07) is 66.5. The molecule has 0 aliphatic heterocycles. The summed E-state index contributed by atoms with van der Waals surface area (Å²) in [4.78, 5) is 2.93. The summed E-state index contributed by atoms with van der Waals surface area (Å²) in [5.74, 6) is 4.17. The van der Waals surface area contributed by atoms with Crippen LogP contribution in [0.5, 0.6) is 0 Å². The summed E-state index contributed by atoms with van der Waals surface area (Å²) in [7, 11) is 0. The third-order valence-electron chi connectivity index (χ3n) is 22.0. The molecular formula is C81H69N. The van der Waals surface area contributed by atoms with Gasteiger partial charge in [-0.1, -0.05) is 262 Å². The number of benzene rings is 8. The molecule has 11 aliphatic carbocycles. The molecule has 0 radical (unpaired) electrons. The zero-order valence-electron chi connectivity index (χ0n) is 47.1. The number of allylic oxidation sites excluding steroid dienone is 11. The van der Waals surface area contributed by atoms with Crippen LogP contribution in [0.1, 0.15) is 137 Å². The van der Waals surface area contributed by atoms with E-state index in [0.29, 0.717) is 47.3 Å². The maximum absolute atomic E-state index is 2.93. The van der Waals surface area contributed by atoms with Crippen molar-refractivity contribution in [2.24, 2.45) is 23.7 Å². The Bertz CT molecular complexity index is 4150. The molecule has 0 spiro atoms. The number of anilines is 1. The Hall–Kier alpha value is -8.26. The second-order valence-corrected chi connectivity index (χ2v) is 25.3. The highest BCUT2D eigenvalue weighted by Crippen LogP contribution is 2.65. The van der Waals surface area contributed by atoms with Gasteiger partial charge in [-0.25, -0.2) is 0 Å². The lowest BCUT2D eigenvalue weighted by Gasteiger charge is -2.59. The molecule has 1 fully saturated rings. The van der Waals surface area contributed by atoms with Crippen LogP contribution in [-0.2, 0) is 5.41 Å². The molecule has 82 heavy (non-hydrogen) atoms. The number of nitrogens with zero attached hydrogens (tertiary/aromatic N) is 1. The van der Waals surface area contributed by atoms with Crippen LogP contribution in [0.4, 0.5) is 5.69 Å². The van der Waals surface area contributed by atoms with Crippen LogP contribution < -0.4 is 4.90 Å². The zero-order valence-corrected chi connectivity index (χ0v) is 47.1. The van der Waals surface area contributed by atoms with Crippen molar-refractivity contribution in [1.29, 1.82) is 0 Å². The minimum Gasteiger partial charge on any atom is -0.358 e. The maximum Gasteiger partial charge on any atom is 0.0520 e. The Morgan fingerprint density at radius 2 is 1.16 bits per heavy atom. The Morgan fingerprint density at radius 1 is 0.500 bits per heavy atom. The minimum atomic E-state index is -0.113. The number of fused-ring (bicyclic) bond motifs is 4. The molecule has 9 unspecified atom stereocenters. The molecule has 4 bridgehead atoms. The summed E-state index contributed by atoms with van der Waals surface area (Å²) in [5.41, 5.74) is 26.0. The molecule has 0 heterocycles. The molecule has 0 amide bonds. The van der Waals surface area contributed by atoms with Gasteiger partial charge < -0.3 is 4.90 Å². The molecule has 8 aromatic carbocycles. The van der Waals surface area contributed by atoms with Crippen molar-refractivity contribution in [1.82, 2.24) is 0 Å². The van der Waals surface area contributed by atoms with E-state index in [1.54, 1.807) is 22.3 Å². The quantitative estimate of drug-likeness (QED) is 0.103. The first-order valence-corrected chi connectivity index (χ1v) is 31.0. The van der Waals surface area contributed by atoms with Gasteiger partial charge in [0.2, 0.25) is 0 Å². The first-order valence-electron chi connectivity index (χ1n) is 31.0. The molecule has 1 saturated carbocycles. The Kier molecular flexibility index (Phi) is 11.2. The second kappa shape index (κ2) is 18.9. The van der Waals surface area contributed by atoms with E-state index in [-0.39, 0.29) is 23.4 Å². The average Bonchev–Trinajstić information content (AvgIpc) is 1.31. The molecular weight excluding hydrogens is 987 g/mol. The topological polar surface area (TPSA) is 3.24 Å². The molecule has 19 rings (SSSR count). The van der Waals surface area contributed by atoms with Crippen molar-refractivity contribution in [2.45, 2.75) is 93.0 Å². The van der Waals surface area contributed by atoms with Crippen molar-refractivity contribution >= 4 is 28.6 Å². The Labute approximate surface area is 484 Å². The van der Waals surface area contributed by atoms with Gasteiger partial charge in [-0.15, -0.1) is 0 Å². The lowest BCUT2D eigenvalue weighted by Crippen LogP contribution is -2.53. The molecule has 1 heteroatoms. The van der Waals surface area contributed by atoms with E-state index >= 15 is 0 Å². The SMILES string of the molecule is CCC1(CC)c2cc(/C=C/c3cccc4c(-c5ccccc5)ccc(C5C=CC=CC5)c34)ccc2-c2ccc(N(C3C=CC4=C(C3)C3c5ccccc5C4c4ccccc43)C3C=CC4C(C3)C3c5ccccc5C4C4C=CC=CC43)cc21. The lowest BCUT2D eigenvalue weighted by molar-refractivity contribution is 0.0881. The summed E-state index contributed by atoms with van der Waals surface area (Å²) >= 11 is 0. The predicted molar refractivity (Wildman–Crippen MR) is 343 cm³/mol. The van der Waals surface area contributed by atoms with Crippen LogP contribution in [0.2, 0.25) is 0 Å². The molecule has 398 valence electrons. The normalized spacial score (nSPS) is 27.4. The van der Waals surface area contributed by atoms with E-state index in [0.717, 1.165) is 32.1 Å². The summed E-state index contributed by atoms with van der Waals surface area (Å²) in [5, 5.41) is 2.67. The van der Waals surface area contributed by atoms with E-state index in [9.17, 15) is 0 Å². The van der Waals surface area contributed by atoms with Crippen LogP contribution >= 0.6 is 0 Å². The van der Waals surface area contributed by atoms with Crippen molar-refractivity contribution < 1.29 is 0 Å². The van der Waals surface area contributed by atoms with Crippen LogP contribution in [0.3, 0.4) is 0 Å². The molecule has 9 atom stereocenters. The fourth-order valence-electron chi connectivity index (χ4n) is 18.6. The largest absolute Gasteiger partial charge is 0.358 e. The van der Waals surface area contributed by atoms with Crippen molar-refractivity contribution in [3.8, 4) is 22.3 Å². The summed E-state index contributed by atoms with van der Waals surface area (Å²) in [6.45, 7) is 4.89. The van der Waals surface area contributed by atoms with Crippen molar-refractivity contribution in [3.05, 3.63) is 315 Å². The van der Waals surface area contributed by atoms with Gasteiger partial charge in [0, 0.05) is 34.9 Å². The van der Waals surface area contributed by atoms with E-state index in [4.69, 9.17) is 0 Å². The van der Waals surface area contributed by atoms with E-state index in [2.05, 4.69) is 274 Å². The Balaban J connectivity index is 0.762. The highest BCUT2D eigenvalue weighted by molar-refractivity contribution is 6.04. The first-order chi connectivity index (χ1) is 40.6. The molecule has 11 aliphatic rings. The van der Waals surface area contributed by atoms with Crippen LogP contribution in [0.25, 0.3) is 45.2 Å². The fourth-order valence-corrected chi connectivity index (χ4v) is 18.6. The first kappa shape index (κ1) is 48.4. The van der Waals surface area contributed by atoms with Crippen LogP contribution in [0.15, 0.2) is 254 Å². The van der Waals surface area contributed by atoms with Gasteiger partial charge >= 0.3 is 0 Å². The lowest BCUT2D eigenvalue weighted by atomic mass is 9.46. The fraction of sp³-hybridized carbons (Fsp3) is 0.235. The summed E-state index contributed by atoms with van der Waals surface area (Å²) < 4.78 is 0. The van der Waals surface area contributed by atoms with Gasteiger partial charge in [-0.05, 0) is 180 Å². The van der Waals surface area contributed by atoms with Gasteiger partial charge in [0.1, 0.15) is 0 Å². The van der Waals surface area contributed by atoms with Gasteiger partial charge in [-0.3, -0.25) is 0 Å². The van der Waals surface area contributed by atoms with E-state index < -0.39 is 0 Å². The monoisotopic (exact) mass is 1060 g/mol. The predicted octanol–water partition coefficient (Wildman–Crippen LogP) is 19.9. The second-order valence-electron chi connectivity index (χ2n) is 25.3. The highest BCUT2D eigenvalue weighted by atomic mass is 15.2. The van der Waals surface area contributed by atoms with Gasteiger partial charge in [0.05, 0.1) is 6.04 Å². The third kappa shape index (κ3) is 7.04. The average molecular weight is 1060 g/mol. The van der Waals surface area contributed by atoms with Gasteiger partial charge in [-0.2, -0.15) is 0 Å².